The van der Waals surface area contributed by atoms with Crippen molar-refractivity contribution in [3.8, 4) is 0 Å². The van der Waals surface area contributed by atoms with Crippen LogP contribution in [0.15, 0.2) is 30.3 Å². The fourth-order valence-corrected chi connectivity index (χ4v) is 1.72. The number of carbonyl (C=O) groups is 1. The van der Waals surface area contributed by atoms with Gasteiger partial charge >= 0.3 is 5.97 Å². The van der Waals surface area contributed by atoms with Gasteiger partial charge in [0.25, 0.3) is 0 Å². The Bertz CT molecular complexity index is 297. The van der Waals surface area contributed by atoms with Gasteiger partial charge in [-0.1, -0.05) is 46.3 Å². The van der Waals surface area contributed by atoms with Gasteiger partial charge in [-0.05, 0) is 5.56 Å². The average Bonchev–Trinajstić information content (AvgIpc) is 2.19. The number of carbonyl (C=O) groups excluding carboxylic acids is 1. The molecule has 14 heavy (non-hydrogen) atoms. The minimum absolute atomic E-state index is 0.458. The molecule has 0 saturated carbocycles. The fraction of sp³-hybridized carbons (Fsp3) is 0.300. The maximum atomic E-state index is 11.3. The van der Waals surface area contributed by atoms with Crippen LogP contribution in [0.2, 0.25) is 0 Å². The lowest BCUT2D eigenvalue weighted by atomic mass is 10.0. The summed E-state index contributed by atoms with van der Waals surface area (Å²) in [5.74, 6) is -1.14. The number of rotatable bonds is 3. The summed E-state index contributed by atoms with van der Waals surface area (Å²) in [6.07, 6.45) is 0. The lowest BCUT2D eigenvalue weighted by Gasteiger charge is -2.16. The molecule has 76 valence electrons. The minimum atomic E-state index is -0.933. The summed E-state index contributed by atoms with van der Waals surface area (Å²) in [6.45, 7) is 0. The second-order valence-electron chi connectivity index (χ2n) is 2.78. The third-order valence-electron chi connectivity index (χ3n) is 1.89. The Labute approximate surface area is 90.8 Å². The number of methoxy groups -OCH3 is 1. The normalized spacial score (nSPS) is 14.5. The Morgan fingerprint density at radius 1 is 1.43 bits per heavy atom. The molecule has 1 aromatic rings. The molecule has 0 amide bonds. The van der Waals surface area contributed by atoms with Gasteiger partial charge in [-0.2, -0.15) is 0 Å². The molecule has 0 aromatic heterocycles. The standard InChI is InChI=1S/C10H11BrO3/c1-14-10(13)8(9(11)12)7-5-3-2-4-6-7/h2-6,8-9,12H,1H3. The highest BCUT2D eigenvalue weighted by Gasteiger charge is 2.27. The van der Waals surface area contributed by atoms with E-state index < -0.39 is 16.9 Å². The SMILES string of the molecule is COC(=O)C(c1ccccc1)C(O)Br. The van der Waals surface area contributed by atoms with Gasteiger partial charge in [0, 0.05) is 0 Å². The zero-order valence-corrected chi connectivity index (χ0v) is 9.27. The van der Waals surface area contributed by atoms with Crippen LogP contribution in [0.1, 0.15) is 11.5 Å². The van der Waals surface area contributed by atoms with Gasteiger partial charge in [-0.3, -0.25) is 4.79 Å². The third kappa shape index (κ3) is 2.56. The second kappa shape index (κ2) is 5.12. The van der Waals surface area contributed by atoms with Crippen molar-refractivity contribution in [1.29, 1.82) is 0 Å². The molecule has 1 aromatic carbocycles. The minimum Gasteiger partial charge on any atom is -0.468 e. The molecule has 1 rings (SSSR count). The van der Waals surface area contributed by atoms with Crippen LogP contribution >= 0.6 is 15.9 Å². The molecule has 0 bridgehead atoms. The van der Waals surface area contributed by atoms with E-state index in [9.17, 15) is 9.90 Å². The molecule has 0 heterocycles. The zero-order valence-electron chi connectivity index (χ0n) is 7.68. The first-order chi connectivity index (χ1) is 6.66. The number of hydrogen-bond acceptors (Lipinski definition) is 3. The lowest BCUT2D eigenvalue weighted by Crippen LogP contribution is -2.22. The molecule has 4 heteroatoms. The molecule has 2 atom stereocenters. The first-order valence-corrected chi connectivity index (χ1v) is 5.03. The molecule has 3 nitrogen and oxygen atoms in total. The first-order valence-electron chi connectivity index (χ1n) is 4.11. The van der Waals surface area contributed by atoms with Crippen molar-refractivity contribution in [3.63, 3.8) is 0 Å². The Morgan fingerprint density at radius 2 is 2.00 bits per heavy atom. The summed E-state index contributed by atoms with van der Waals surface area (Å²) < 4.78 is 4.60. The van der Waals surface area contributed by atoms with E-state index in [1.807, 2.05) is 6.07 Å². The van der Waals surface area contributed by atoms with Crippen LogP contribution in [0.3, 0.4) is 0 Å². The van der Waals surface area contributed by atoms with Crippen LogP contribution in [-0.4, -0.2) is 23.2 Å². The van der Waals surface area contributed by atoms with Crippen molar-refractivity contribution in [2.45, 2.75) is 10.9 Å². The molecule has 2 unspecified atom stereocenters. The molecular weight excluding hydrogens is 248 g/mol. The van der Waals surface area contributed by atoms with Crippen LogP contribution in [0, 0.1) is 0 Å². The third-order valence-corrected chi connectivity index (χ3v) is 2.42. The lowest BCUT2D eigenvalue weighted by molar-refractivity contribution is -0.143. The average molecular weight is 259 g/mol. The van der Waals surface area contributed by atoms with Crippen molar-refractivity contribution in [3.05, 3.63) is 35.9 Å². The highest BCUT2D eigenvalue weighted by molar-refractivity contribution is 9.09. The highest BCUT2D eigenvalue weighted by atomic mass is 79.9. The number of ether oxygens (including phenoxy) is 1. The number of benzene rings is 1. The van der Waals surface area contributed by atoms with Crippen molar-refractivity contribution in [2.75, 3.05) is 7.11 Å². The van der Waals surface area contributed by atoms with Crippen LogP contribution in [0.5, 0.6) is 0 Å². The van der Waals surface area contributed by atoms with Crippen LogP contribution in [-0.2, 0) is 9.53 Å². The summed E-state index contributed by atoms with van der Waals surface area (Å²) in [6, 6.07) is 9.00. The van der Waals surface area contributed by atoms with Gasteiger partial charge < -0.3 is 9.84 Å². The molecule has 0 aliphatic carbocycles. The van der Waals surface area contributed by atoms with Crippen molar-refractivity contribution in [1.82, 2.24) is 0 Å². The van der Waals surface area contributed by atoms with E-state index >= 15 is 0 Å². The number of aliphatic hydroxyl groups excluding tert-OH is 1. The van der Waals surface area contributed by atoms with Crippen molar-refractivity contribution in [2.24, 2.45) is 0 Å². The Morgan fingerprint density at radius 3 is 2.43 bits per heavy atom. The van der Waals surface area contributed by atoms with Crippen molar-refractivity contribution < 1.29 is 14.6 Å². The molecule has 0 aliphatic rings. The van der Waals surface area contributed by atoms with Gasteiger partial charge in [0.2, 0.25) is 0 Å². The number of esters is 1. The predicted molar refractivity (Wildman–Crippen MR) is 56.1 cm³/mol. The van der Waals surface area contributed by atoms with Gasteiger partial charge in [0.1, 0.15) is 10.9 Å². The van der Waals surface area contributed by atoms with E-state index in [4.69, 9.17) is 0 Å². The smallest absolute Gasteiger partial charge is 0.316 e. The molecular formula is C10H11BrO3. The van der Waals surface area contributed by atoms with Crippen LogP contribution in [0.4, 0.5) is 0 Å². The summed E-state index contributed by atoms with van der Waals surface area (Å²) >= 11 is 2.97. The quantitative estimate of drug-likeness (QED) is 0.663. The van der Waals surface area contributed by atoms with E-state index in [0.29, 0.717) is 0 Å². The number of aliphatic hydroxyl groups is 1. The zero-order chi connectivity index (χ0) is 10.6. The highest BCUT2D eigenvalue weighted by Crippen LogP contribution is 2.24. The summed E-state index contributed by atoms with van der Waals surface area (Å²) in [4.78, 5) is 11.3. The van der Waals surface area contributed by atoms with E-state index in [0.717, 1.165) is 5.56 Å². The van der Waals surface area contributed by atoms with Gasteiger partial charge in [-0.25, -0.2) is 0 Å². The first kappa shape index (κ1) is 11.2. The molecule has 0 saturated heterocycles. The summed E-state index contributed by atoms with van der Waals surface area (Å²) in [7, 11) is 1.30. The van der Waals surface area contributed by atoms with E-state index in [-0.39, 0.29) is 0 Å². The maximum Gasteiger partial charge on any atom is 0.316 e. The number of halogens is 1. The Hall–Kier alpha value is -0.870. The predicted octanol–water partition coefficient (Wildman–Crippen LogP) is 1.66. The Balaban J connectivity index is 2.95. The van der Waals surface area contributed by atoms with Crippen LogP contribution in [0.25, 0.3) is 0 Å². The molecule has 0 fully saturated rings. The van der Waals surface area contributed by atoms with Crippen LogP contribution < -0.4 is 0 Å². The second-order valence-corrected chi connectivity index (χ2v) is 3.72. The largest absolute Gasteiger partial charge is 0.468 e. The van der Waals surface area contributed by atoms with Gasteiger partial charge in [0.15, 0.2) is 0 Å². The molecule has 0 radical (unpaired) electrons. The number of hydrogen-bond donors (Lipinski definition) is 1. The number of alkyl halides is 1. The molecule has 1 N–H and O–H groups in total. The maximum absolute atomic E-state index is 11.3. The molecule has 0 spiro atoms. The molecule has 0 aliphatic heterocycles. The van der Waals surface area contributed by atoms with Gasteiger partial charge in [-0.15, -0.1) is 0 Å². The Kier molecular flexibility index (Phi) is 4.10. The van der Waals surface area contributed by atoms with Crippen molar-refractivity contribution >= 4 is 21.9 Å². The monoisotopic (exact) mass is 258 g/mol. The van der Waals surface area contributed by atoms with E-state index in [2.05, 4.69) is 20.7 Å². The van der Waals surface area contributed by atoms with Gasteiger partial charge in [0.05, 0.1) is 7.11 Å². The van der Waals surface area contributed by atoms with E-state index in [1.54, 1.807) is 24.3 Å². The summed E-state index contributed by atoms with van der Waals surface area (Å²) in [5.41, 5.74) is 0.726. The topological polar surface area (TPSA) is 46.5 Å². The fourth-order valence-electron chi connectivity index (χ4n) is 1.19. The summed E-state index contributed by atoms with van der Waals surface area (Å²) in [5, 5.41) is 8.45. The van der Waals surface area contributed by atoms with E-state index in [1.165, 1.54) is 7.11 Å².